The summed E-state index contributed by atoms with van der Waals surface area (Å²) in [5.41, 5.74) is 4.27. The van der Waals surface area contributed by atoms with Crippen LogP contribution in [0.2, 0.25) is 5.02 Å². The van der Waals surface area contributed by atoms with E-state index in [9.17, 15) is 14.0 Å². The minimum absolute atomic E-state index is 0.0406. The lowest BCUT2D eigenvalue weighted by molar-refractivity contribution is -0.136. The van der Waals surface area contributed by atoms with Crippen LogP contribution in [-0.4, -0.2) is 40.4 Å². The van der Waals surface area contributed by atoms with Crippen molar-refractivity contribution in [2.24, 2.45) is 0 Å². The van der Waals surface area contributed by atoms with Crippen LogP contribution in [0, 0.1) is 5.82 Å². The van der Waals surface area contributed by atoms with Crippen LogP contribution in [0.25, 0.3) is 33.3 Å². The molecule has 5 rings (SSSR count). The van der Waals surface area contributed by atoms with Crippen LogP contribution >= 0.6 is 11.6 Å². The highest BCUT2D eigenvalue weighted by molar-refractivity contribution is 6.30. The number of hydrogen-bond acceptors (Lipinski definition) is 4. The van der Waals surface area contributed by atoms with Crippen LogP contribution in [0.4, 0.5) is 4.39 Å². The summed E-state index contributed by atoms with van der Waals surface area (Å²) in [6, 6.07) is 25.4. The molecule has 0 saturated heterocycles. The van der Waals surface area contributed by atoms with Gasteiger partial charge in [-0.1, -0.05) is 48.0 Å². The molecule has 0 aliphatic heterocycles. The molecule has 41 heavy (non-hydrogen) atoms. The number of rotatable bonds is 9. The third-order valence-corrected chi connectivity index (χ3v) is 7.25. The number of fused-ring (bicyclic) bond motifs is 1. The highest BCUT2D eigenvalue weighted by Crippen LogP contribution is 2.34. The third kappa shape index (κ3) is 6.07. The van der Waals surface area contributed by atoms with Gasteiger partial charge in [-0.15, -0.1) is 0 Å². The van der Waals surface area contributed by atoms with Crippen molar-refractivity contribution in [1.82, 2.24) is 15.1 Å². The lowest BCUT2D eigenvalue weighted by atomic mass is 10.0. The van der Waals surface area contributed by atoms with Gasteiger partial charge in [0.05, 0.1) is 36.0 Å². The van der Waals surface area contributed by atoms with Gasteiger partial charge in [0.2, 0.25) is 0 Å². The number of halogens is 2. The molecule has 7 nitrogen and oxygen atoms in total. The van der Waals surface area contributed by atoms with E-state index >= 15 is 0 Å². The molecule has 1 aromatic heterocycles. The summed E-state index contributed by atoms with van der Waals surface area (Å²) < 4.78 is 21.6. The van der Waals surface area contributed by atoms with Gasteiger partial charge in [-0.2, -0.15) is 5.10 Å². The normalized spacial score (nSPS) is 11.8. The van der Waals surface area contributed by atoms with Crippen molar-refractivity contribution in [2.45, 2.75) is 19.4 Å². The van der Waals surface area contributed by atoms with E-state index in [1.165, 1.54) is 12.1 Å². The predicted octanol–water partition coefficient (Wildman–Crippen LogP) is 6.99. The molecule has 1 heterocycles. The molecule has 0 bridgehead atoms. The van der Waals surface area contributed by atoms with E-state index in [1.54, 1.807) is 25.3 Å². The second-order valence-corrected chi connectivity index (χ2v) is 10.0. The zero-order chi connectivity index (χ0) is 29.1. The van der Waals surface area contributed by atoms with E-state index in [0.29, 0.717) is 16.8 Å². The minimum atomic E-state index is -0.976. The Morgan fingerprint density at radius 2 is 1.68 bits per heavy atom. The summed E-state index contributed by atoms with van der Waals surface area (Å²) in [5, 5.41) is 18.4. The summed E-state index contributed by atoms with van der Waals surface area (Å²) >= 11 is 5.92. The maximum absolute atomic E-state index is 14.3. The number of benzene rings is 4. The summed E-state index contributed by atoms with van der Waals surface area (Å²) in [5.74, 6) is -1.07. The molecule has 5 aromatic rings. The highest BCUT2D eigenvalue weighted by atomic mass is 35.5. The number of carboxylic acid groups (broad SMARTS) is 1. The number of carbonyl (C=O) groups is 2. The maximum atomic E-state index is 14.3. The van der Waals surface area contributed by atoms with Gasteiger partial charge in [0.15, 0.2) is 0 Å². The number of methoxy groups -OCH3 is 1. The Morgan fingerprint density at radius 1 is 0.976 bits per heavy atom. The highest BCUT2D eigenvalue weighted by Gasteiger charge is 2.19. The zero-order valence-corrected chi connectivity index (χ0v) is 23.2. The molecular formula is C32H27ClFN3O4. The van der Waals surface area contributed by atoms with E-state index in [4.69, 9.17) is 26.5 Å². The summed E-state index contributed by atoms with van der Waals surface area (Å²) in [4.78, 5) is 23.1. The molecule has 9 heteroatoms. The number of aliphatic carboxylic acids is 1. The van der Waals surface area contributed by atoms with Crippen molar-refractivity contribution in [2.75, 3.05) is 13.7 Å². The Bertz CT molecular complexity index is 1750. The number of carbonyl (C=O) groups excluding carboxylic acids is 1. The first-order valence-corrected chi connectivity index (χ1v) is 13.3. The monoisotopic (exact) mass is 571 g/mol. The number of nitrogens with one attached hydrogen (secondary N) is 1. The van der Waals surface area contributed by atoms with Gasteiger partial charge in [-0.3, -0.25) is 14.3 Å². The van der Waals surface area contributed by atoms with Gasteiger partial charge in [0.1, 0.15) is 11.6 Å². The maximum Gasteiger partial charge on any atom is 0.305 e. The first-order chi connectivity index (χ1) is 19.7. The molecule has 0 fully saturated rings. The minimum Gasteiger partial charge on any atom is -0.497 e. The Hall–Kier alpha value is -4.69. The third-order valence-electron chi connectivity index (χ3n) is 6.94. The standard InChI is InChI=1S/C32H27ClFN3O4/c1-19(20-3-5-21(6-4-20)32(40)35-14-13-31(38)39)37-30(18-29(36-37)24-10-12-27(33)28(34)17-24)25-8-7-23-16-26(41-2)11-9-22(23)15-25/h3-12,15-19H,13-14H2,1-2H3,(H,35,40)(H,38,39). The summed E-state index contributed by atoms with van der Waals surface area (Å²) in [6.45, 7) is 2.05. The van der Waals surface area contributed by atoms with E-state index < -0.39 is 11.8 Å². The molecule has 1 atom stereocenters. The van der Waals surface area contributed by atoms with E-state index in [-0.39, 0.29) is 29.9 Å². The van der Waals surface area contributed by atoms with Crippen molar-refractivity contribution in [3.63, 3.8) is 0 Å². The van der Waals surface area contributed by atoms with Gasteiger partial charge in [-0.05, 0) is 71.8 Å². The molecule has 0 saturated carbocycles. The topological polar surface area (TPSA) is 93.5 Å². The van der Waals surface area contributed by atoms with Crippen molar-refractivity contribution >= 4 is 34.2 Å². The molecule has 4 aromatic carbocycles. The van der Waals surface area contributed by atoms with Crippen molar-refractivity contribution in [1.29, 1.82) is 0 Å². The van der Waals surface area contributed by atoms with Crippen molar-refractivity contribution in [3.8, 4) is 28.3 Å². The molecular weight excluding hydrogens is 545 g/mol. The number of aromatic nitrogens is 2. The predicted molar refractivity (Wildman–Crippen MR) is 157 cm³/mol. The van der Waals surface area contributed by atoms with Gasteiger partial charge in [0, 0.05) is 23.2 Å². The first-order valence-electron chi connectivity index (χ1n) is 13.0. The molecule has 0 radical (unpaired) electrons. The summed E-state index contributed by atoms with van der Waals surface area (Å²) in [6.07, 6.45) is -0.148. The smallest absolute Gasteiger partial charge is 0.305 e. The zero-order valence-electron chi connectivity index (χ0n) is 22.4. The van der Waals surface area contributed by atoms with Crippen LogP contribution in [0.1, 0.15) is 35.3 Å². The molecule has 0 aliphatic carbocycles. The number of ether oxygens (including phenoxy) is 1. The Balaban J connectivity index is 1.52. The average molecular weight is 572 g/mol. The fourth-order valence-electron chi connectivity index (χ4n) is 4.65. The number of amides is 1. The number of carboxylic acids is 1. The van der Waals surface area contributed by atoms with Crippen LogP contribution < -0.4 is 10.1 Å². The van der Waals surface area contributed by atoms with E-state index in [1.807, 2.05) is 60.1 Å². The fraction of sp³-hybridized carbons (Fsp3) is 0.156. The van der Waals surface area contributed by atoms with Crippen LogP contribution in [0.15, 0.2) is 84.9 Å². The second kappa shape index (κ2) is 11.8. The molecule has 2 N–H and O–H groups in total. The largest absolute Gasteiger partial charge is 0.497 e. The quantitative estimate of drug-likeness (QED) is 0.199. The molecule has 208 valence electrons. The second-order valence-electron chi connectivity index (χ2n) is 9.61. The van der Waals surface area contributed by atoms with Gasteiger partial charge >= 0.3 is 5.97 Å². The fourth-order valence-corrected chi connectivity index (χ4v) is 4.77. The van der Waals surface area contributed by atoms with Gasteiger partial charge in [0.25, 0.3) is 5.91 Å². The van der Waals surface area contributed by atoms with Gasteiger partial charge < -0.3 is 15.2 Å². The van der Waals surface area contributed by atoms with Gasteiger partial charge in [-0.25, -0.2) is 4.39 Å². The molecule has 1 unspecified atom stereocenters. The molecule has 0 spiro atoms. The first kappa shape index (κ1) is 27.9. The lowest BCUT2D eigenvalue weighted by Gasteiger charge is -2.17. The molecule has 1 amide bonds. The van der Waals surface area contributed by atoms with Crippen LogP contribution in [-0.2, 0) is 4.79 Å². The summed E-state index contributed by atoms with van der Waals surface area (Å²) in [7, 11) is 1.63. The van der Waals surface area contributed by atoms with E-state index in [2.05, 4.69) is 11.4 Å². The lowest BCUT2D eigenvalue weighted by Crippen LogP contribution is -2.26. The number of hydrogen-bond donors (Lipinski definition) is 2. The van der Waals surface area contributed by atoms with E-state index in [0.717, 1.165) is 33.3 Å². The molecule has 0 aliphatic rings. The van der Waals surface area contributed by atoms with Crippen LogP contribution in [0.3, 0.4) is 0 Å². The SMILES string of the molecule is COc1ccc2cc(-c3cc(-c4ccc(Cl)c(F)c4)nn3C(C)c3ccc(C(=O)NCCC(=O)O)cc3)ccc2c1. The van der Waals surface area contributed by atoms with Crippen LogP contribution in [0.5, 0.6) is 5.75 Å². The van der Waals surface area contributed by atoms with Crippen molar-refractivity contribution in [3.05, 3.63) is 107 Å². The Morgan fingerprint density at radius 3 is 2.39 bits per heavy atom. The Labute approximate surface area is 241 Å². The Kier molecular flexibility index (Phi) is 8.03. The van der Waals surface area contributed by atoms with Crippen molar-refractivity contribution < 1.29 is 23.8 Å². The number of nitrogens with zero attached hydrogens (tertiary/aromatic N) is 2. The average Bonchev–Trinajstić information content (AvgIpc) is 3.43.